The summed E-state index contributed by atoms with van der Waals surface area (Å²) in [5, 5.41) is 0. The minimum atomic E-state index is -0.382. The lowest BCUT2D eigenvalue weighted by Crippen LogP contribution is -2.17. The fourth-order valence-corrected chi connectivity index (χ4v) is 1.86. The standard InChI is InChI=1S/C11H11FN2O/c12-9-3-4-11(10(7-9)13-8-15)14-5-1-2-6-14/h3-4,7H,1-2,5-6H2. The maximum absolute atomic E-state index is 12.9. The molecule has 0 amide bonds. The first-order valence-electron chi connectivity index (χ1n) is 4.93. The van der Waals surface area contributed by atoms with E-state index in [9.17, 15) is 9.18 Å². The SMILES string of the molecule is O=C=Nc1cc(F)ccc1N1CCCC1. The van der Waals surface area contributed by atoms with Gasteiger partial charge in [0, 0.05) is 19.2 Å². The fourth-order valence-electron chi connectivity index (χ4n) is 1.86. The molecule has 78 valence electrons. The summed E-state index contributed by atoms with van der Waals surface area (Å²) < 4.78 is 12.9. The van der Waals surface area contributed by atoms with Gasteiger partial charge in [0.15, 0.2) is 0 Å². The van der Waals surface area contributed by atoms with Gasteiger partial charge in [-0.05, 0) is 25.0 Å². The van der Waals surface area contributed by atoms with Gasteiger partial charge in [0.2, 0.25) is 6.08 Å². The summed E-state index contributed by atoms with van der Waals surface area (Å²) in [6.07, 6.45) is 3.71. The third-order valence-corrected chi connectivity index (χ3v) is 2.55. The van der Waals surface area contributed by atoms with E-state index in [0.29, 0.717) is 5.69 Å². The van der Waals surface area contributed by atoms with Crippen molar-refractivity contribution >= 4 is 17.5 Å². The second-order valence-corrected chi connectivity index (χ2v) is 3.53. The first-order valence-corrected chi connectivity index (χ1v) is 4.93. The number of aliphatic imine (C=N–C) groups is 1. The van der Waals surface area contributed by atoms with Crippen molar-refractivity contribution in [3.8, 4) is 0 Å². The highest BCUT2D eigenvalue weighted by atomic mass is 19.1. The minimum Gasteiger partial charge on any atom is -0.370 e. The van der Waals surface area contributed by atoms with Crippen LogP contribution in [0.2, 0.25) is 0 Å². The normalized spacial score (nSPS) is 15.1. The molecule has 1 aliphatic rings. The van der Waals surface area contributed by atoms with Crippen molar-refractivity contribution in [2.24, 2.45) is 4.99 Å². The number of nitrogens with zero attached hydrogens (tertiary/aromatic N) is 2. The Labute approximate surface area is 87.2 Å². The summed E-state index contributed by atoms with van der Waals surface area (Å²) in [5.74, 6) is -0.382. The van der Waals surface area contributed by atoms with E-state index in [2.05, 4.69) is 9.89 Å². The van der Waals surface area contributed by atoms with Gasteiger partial charge in [0.05, 0.1) is 5.69 Å². The number of anilines is 1. The molecule has 1 aromatic rings. The van der Waals surface area contributed by atoms with Crippen LogP contribution in [0.3, 0.4) is 0 Å². The number of carbonyl (C=O) groups excluding carboxylic acids is 1. The Hall–Kier alpha value is -1.67. The van der Waals surface area contributed by atoms with Crippen LogP contribution >= 0.6 is 0 Å². The molecule has 3 nitrogen and oxygen atoms in total. The van der Waals surface area contributed by atoms with E-state index >= 15 is 0 Å². The molecule has 1 saturated heterocycles. The van der Waals surface area contributed by atoms with Crippen molar-refractivity contribution in [2.45, 2.75) is 12.8 Å². The molecule has 1 heterocycles. The smallest absolute Gasteiger partial charge is 0.240 e. The van der Waals surface area contributed by atoms with Gasteiger partial charge >= 0.3 is 0 Å². The Kier molecular flexibility index (Phi) is 2.79. The van der Waals surface area contributed by atoms with Crippen LogP contribution in [0.1, 0.15) is 12.8 Å². The molecule has 1 fully saturated rings. The first kappa shape index (κ1) is 9.87. The van der Waals surface area contributed by atoms with E-state index < -0.39 is 0 Å². The Morgan fingerprint density at radius 2 is 2.07 bits per heavy atom. The van der Waals surface area contributed by atoms with Gasteiger partial charge in [-0.3, -0.25) is 0 Å². The first-order chi connectivity index (χ1) is 7.31. The highest BCUT2D eigenvalue weighted by Crippen LogP contribution is 2.31. The van der Waals surface area contributed by atoms with E-state index in [-0.39, 0.29) is 5.82 Å². The molecule has 0 bridgehead atoms. The highest BCUT2D eigenvalue weighted by molar-refractivity contribution is 5.69. The molecule has 0 saturated carbocycles. The number of hydrogen-bond acceptors (Lipinski definition) is 3. The number of halogens is 1. The van der Waals surface area contributed by atoms with E-state index in [4.69, 9.17) is 0 Å². The Morgan fingerprint density at radius 3 is 2.73 bits per heavy atom. The Morgan fingerprint density at radius 1 is 1.33 bits per heavy atom. The molecule has 0 aromatic heterocycles. The average molecular weight is 206 g/mol. The predicted octanol–water partition coefficient (Wildman–Crippen LogP) is 2.39. The molecule has 2 rings (SSSR count). The third-order valence-electron chi connectivity index (χ3n) is 2.55. The van der Waals surface area contributed by atoms with Crippen LogP contribution < -0.4 is 4.90 Å². The molecule has 0 radical (unpaired) electrons. The zero-order valence-corrected chi connectivity index (χ0v) is 8.24. The summed E-state index contributed by atoms with van der Waals surface area (Å²) in [6, 6.07) is 4.31. The van der Waals surface area contributed by atoms with Crippen LogP contribution in [0.5, 0.6) is 0 Å². The molecular weight excluding hydrogens is 195 g/mol. The topological polar surface area (TPSA) is 32.7 Å². The van der Waals surface area contributed by atoms with E-state index in [1.165, 1.54) is 18.2 Å². The molecule has 0 unspecified atom stereocenters. The van der Waals surface area contributed by atoms with E-state index in [0.717, 1.165) is 31.6 Å². The fraction of sp³-hybridized carbons (Fsp3) is 0.364. The van der Waals surface area contributed by atoms with Crippen LogP contribution in [0.15, 0.2) is 23.2 Å². The summed E-state index contributed by atoms with van der Waals surface area (Å²) in [4.78, 5) is 15.9. The van der Waals surface area contributed by atoms with Crippen molar-refractivity contribution in [1.82, 2.24) is 0 Å². The lowest BCUT2D eigenvalue weighted by atomic mass is 10.2. The summed E-state index contributed by atoms with van der Waals surface area (Å²) >= 11 is 0. The quantitative estimate of drug-likeness (QED) is 0.549. The van der Waals surface area contributed by atoms with Crippen molar-refractivity contribution in [2.75, 3.05) is 18.0 Å². The van der Waals surface area contributed by atoms with Crippen LogP contribution in [0, 0.1) is 5.82 Å². The highest BCUT2D eigenvalue weighted by Gasteiger charge is 2.15. The second kappa shape index (κ2) is 4.24. The van der Waals surface area contributed by atoms with Gasteiger partial charge in [-0.2, -0.15) is 4.99 Å². The average Bonchev–Trinajstić information content (AvgIpc) is 2.71. The minimum absolute atomic E-state index is 0.368. The van der Waals surface area contributed by atoms with Gasteiger partial charge in [-0.1, -0.05) is 0 Å². The summed E-state index contributed by atoms with van der Waals surface area (Å²) in [5.41, 5.74) is 1.18. The Balaban J connectivity index is 2.40. The lowest BCUT2D eigenvalue weighted by Gasteiger charge is -2.18. The predicted molar refractivity (Wildman–Crippen MR) is 55.6 cm³/mol. The molecule has 4 heteroatoms. The van der Waals surface area contributed by atoms with E-state index in [1.54, 1.807) is 6.07 Å². The van der Waals surface area contributed by atoms with Crippen molar-refractivity contribution < 1.29 is 9.18 Å². The molecule has 15 heavy (non-hydrogen) atoms. The maximum atomic E-state index is 12.9. The number of isocyanates is 1. The molecule has 0 atom stereocenters. The van der Waals surface area contributed by atoms with Gasteiger partial charge in [-0.25, -0.2) is 9.18 Å². The van der Waals surface area contributed by atoms with Gasteiger partial charge < -0.3 is 4.90 Å². The molecule has 0 spiro atoms. The monoisotopic (exact) mass is 206 g/mol. The van der Waals surface area contributed by atoms with Crippen LogP contribution in [0.4, 0.5) is 15.8 Å². The molecule has 1 aliphatic heterocycles. The second-order valence-electron chi connectivity index (χ2n) is 3.53. The lowest BCUT2D eigenvalue weighted by molar-refractivity contribution is 0.565. The third kappa shape index (κ3) is 2.05. The summed E-state index contributed by atoms with van der Waals surface area (Å²) in [6.45, 7) is 1.88. The van der Waals surface area contributed by atoms with Crippen LogP contribution in [0.25, 0.3) is 0 Å². The van der Waals surface area contributed by atoms with Crippen molar-refractivity contribution in [1.29, 1.82) is 0 Å². The largest absolute Gasteiger partial charge is 0.370 e. The van der Waals surface area contributed by atoms with Crippen LogP contribution in [-0.4, -0.2) is 19.2 Å². The molecule has 1 aromatic carbocycles. The maximum Gasteiger partial charge on any atom is 0.240 e. The van der Waals surface area contributed by atoms with Gasteiger partial charge in [-0.15, -0.1) is 0 Å². The van der Waals surface area contributed by atoms with Gasteiger partial charge in [0.25, 0.3) is 0 Å². The number of hydrogen-bond donors (Lipinski definition) is 0. The van der Waals surface area contributed by atoms with Crippen molar-refractivity contribution in [3.05, 3.63) is 24.0 Å². The van der Waals surface area contributed by atoms with Gasteiger partial charge in [0.1, 0.15) is 11.5 Å². The summed E-state index contributed by atoms with van der Waals surface area (Å²) in [7, 11) is 0. The Bertz CT molecular complexity index is 407. The van der Waals surface area contributed by atoms with E-state index in [1.807, 2.05) is 0 Å². The molecule has 0 N–H and O–H groups in total. The zero-order chi connectivity index (χ0) is 10.7. The van der Waals surface area contributed by atoms with Crippen LogP contribution in [-0.2, 0) is 4.79 Å². The van der Waals surface area contributed by atoms with Crippen molar-refractivity contribution in [3.63, 3.8) is 0 Å². The number of rotatable bonds is 2. The zero-order valence-electron chi connectivity index (χ0n) is 8.24. The molecular formula is C11H11FN2O. The molecule has 0 aliphatic carbocycles. The number of benzene rings is 1.